The van der Waals surface area contributed by atoms with Crippen LogP contribution >= 0.6 is 11.6 Å². The first-order valence-corrected chi connectivity index (χ1v) is 4.51. The van der Waals surface area contributed by atoms with Crippen molar-refractivity contribution in [1.29, 1.82) is 0 Å². The highest BCUT2D eigenvalue weighted by molar-refractivity contribution is 6.30. The predicted octanol–water partition coefficient (Wildman–Crippen LogP) is 1.12. The molecule has 0 radical (unpaired) electrons. The standard InChI is InChI=1S/C9H13ClN2O2/c1-9(2,14)7(13)6-3-5(10)4-12-8(6)11/h3-4,7,13-14H,1-2H3,(H2,11,12). The van der Waals surface area contributed by atoms with Gasteiger partial charge < -0.3 is 15.9 Å². The average molecular weight is 217 g/mol. The zero-order valence-corrected chi connectivity index (χ0v) is 8.78. The highest BCUT2D eigenvalue weighted by atomic mass is 35.5. The lowest BCUT2D eigenvalue weighted by Crippen LogP contribution is -2.29. The zero-order chi connectivity index (χ0) is 10.9. The number of aliphatic hydroxyl groups excluding tert-OH is 1. The molecule has 0 spiro atoms. The van der Waals surface area contributed by atoms with E-state index in [2.05, 4.69) is 4.98 Å². The summed E-state index contributed by atoms with van der Waals surface area (Å²) in [6.45, 7) is 2.97. The van der Waals surface area contributed by atoms with Gasteiger partial charge in [-0.2, -0.15) is 0 Å². The molecule has 0 aliphatic rings. The Hall–Kier alpha value is -0.840. The minimum atomic E-state index is -1.28. The van der Waals surface area contributed by atoms with Gasteiger partial charge in [-0.1, -0.05) is 11.6 Å². The molecule has 1 heterocycles. The smallest absolute Gasteiger partial charge is 0.129 e. The van der Waals surface area contributed by atoms with Crippen LogP contribution in [0.3, 0.4) is 0 Å². The van der Waals surface area contributed by atoms with E-state index in [9.17, 15) is 10.2 Å². The molecule has 0 amide bonds. The number of anilines is 1. The van der Waals surface area contributed by atoms with Crippen LogP contribution in [0.5, 0.6) is 0 Å². The van der Waals surface area contributed by atoms with E-state index in [0.29, 0.717) is 10.6 Å². The summed E-state index contributed by atoms with van der Waals surface area (Å²) >= 11 is 5.70. The van der Waals surface area contributed by atoms with Crippen molar-refractivity contribution in [2.45, 2.75) is 25.6 Å². The number of hydrogen-bond acceptors (Lipinski definition) is 4. The highest BCUT2D eigenvalue weighted by Crippen LogP contribution is 2.29. The number of halogens is 1. The van der Waals surface area contributed by atoms with Gasteiger partial charge in [0.25, 0.3) is 0 Å². The van der Waals surface area contributed by atoms with Gasteiger partial charge in [0, 0.05) is 11.8 Å². The summed E-state index contributed by atoms with van der Waals surface area (Å²) in [5, 5.41) is 19.7. The Morgan fingerprint density at radius 1 is 1.57 bits per heavy atom. The van der Waals surface area contributed by atoms with E-state index < -0.39 is 11.7 Å². The second kappa shape index (κ2) is 3.73. The molecule has 1 aromatic heterocycles. The van der Waals surface area contributed by atoms with Gasteiger partial charge in [-0.25, -0.2) is 4.98 Å². The van der Waals surface area contributed by atoms with Gasteiger partial charge in [0.2, 0.25) is 0 Å². The van der Waals surface area contributed by atoms with Gasteiger partial charge in [-0.15, -0.1) is 0 Å². The number of nitrogen functional groups attached to an aromatic ring is 1. The highest BCUT2D eigenvalue weighted by Gasteiger charge is 2.28. The summed E-state index contributed by atoms with van der Waals surface area (Å²) in [5.41, 5.74) is 4.61. The van der Waals surface area contributed by atoms with Crippen LogP contribution < -0.4 is 5.73 Å². The molecule has 4 N–H and O–H groups in total. The van der Waals surface area contributed by atoms with E-state index in [1.165, 1.54) is 26.1 Å². The van der Waals surface area contributed by atoms with Gasteiger partial charge in [0.1, 0.15) is 11.9 Å². The Morgan fingerprint density at radius 3 is 2.64 bits per heavy atom. The van der Waals surface area contributed by atoms with E-state index in [4.69, 9.17) is 17.3 Å². The Bertz CT molecular complexity index is 336. The van der Waals surface area contributed by atoms with Crippen molar-refractivity contribution in [2.24, 2.45) is 0 Å². The Kier molecular flexibility index (Phi) is 2.99. The van der Waals surface area contributed by atoms with Crippen LogP contribution in [0, 0.1) is 0 Å². The van der Waals surface area contributed by atoms with E-state index in [1.807, 2.05) is 0 Å². The lowest BCUT2D eigenvalue weighted by atomic mass is 9.95. The lowest BCUT2D eigenvalue weighted by molar-refractivity contribution is -0.0494. The molecule has 78 valence electrons. The Labute approximate surface area is 87.3 Å². The summed E-state index contributed by atoms with van der Waals surface area (Å²) in [7, 11) is 0. The van der Waals surface area contributed by atoms with Crippen molar-refractivity contribution < 1.29 is 10.2 Å². The molecule has 0 saturated heterocycles. The normalized spacial score (nSPS) is 14.1. The quantitative estimate of drug-likeness (QED) is 0.692. The third-order valence-electron chi connectivity index (χ3n) is 1.88. The Balaban J connectivity index is 3.12. The fraction of sp³-hybridized carbons (Fsp3) is 0.444. The number of aromatic nitrogens is 1. The van der Waals surface area contributed by atoms with Crippen LogP contribution in [0.25, 0.3) is 0 Å². The molecule has 0 aliphatic carbocycles. The van der Waals surface area contributed by atoms with E-state index >= 15 is 0 Å². The SMILES string of the molecule is CC(C)(O)C(O)c1cc(Cl)cnc1N. The fourth-order valence-electron chi connectivity index (χ4n) is 1.07. The van der Waals surface area contributed by atoms with Crippen molar-refractivity contribution in [3.05, 3.63) is 22.8 Å². The van der Waals surface area contributed by atoms with Crippen LogP contribution in [0.15, 0.2) is 12.3 Å². The van der Waals surface area contributed by atoms with Gasteiger partial charge in [-0.05, 0) is 19.9 Å². The molecule has 4 nitrogen and oxygen atoms in total. The molecule has 1 atom stereocenters. The van der Waals surface area contributed by atoms with Crippen molar-refractivity contribution in [3.8, 4) is 0 Å². The maximum absolute atomic E-state index is 9.73. The Morgan fingerprint density at radius 2 is 2.14 bits per heavy atom. The maximum atomic E-state index is 9.73. The summed E-state index contributed by atoms with van der Waals surface area (Å²) < 4.78 is 0. The summed E-state index contributed by atoms with van der Waals surface area (Å²) in [6, 6.07) is 1.49. The summed E-state index contributed by atoms with van der Waals surface area (Å²) in [6.07, 6.45) is 0.283. The molecule has 0 bridgehead atoms. The third-order valence-corrected chi connectivity index (χ3v) is 2.09. The van der Waals surface area contributed by atoms with Crippen LogP contribution in [0.4, 0.5) is 5.82 Å². The number of hydrogen-bond donors (Lipinski definition) is 3. The van der Waals surface area contributed by atoms with Crippen LogP contribution in [-0.4, -0.2) is 20.8 Å². The summed E-state index contributed by atoms with van der Waals surface area (Å²) in [4.78, 5) is 3.79. The second-order valence-electron chi connectivity index (χ2n) is 3.68. The fourth-order valence-corrected chi connectivity index (χ4v) is 1.23. The lowest BCUT2D eigenvalue weighted by Gasteiger charge is -2.25. The first-order chi connectivity index (χ1) is 6.32. The average Bonchev–Trinajstić information content (AvgIpc) is 2.06. The first kappa shape index (κ1) is 11.2. The number of rotatable bonds is 2. The molecule has 0 aliphatic heterocycles. The molecule has 1 unspecified atom stereocenters. The number of nitrogens with zero attached hydrogens (tertiary/aromatic N) is 1. The molecule has 5 heteroatoms. The zero-order valence-electron chi connectivity index (χ0n) is 8.03. The number of nitrogens with two attached hydrogens (primary N) is 1. The first-order valence-electron chi connectivity index (χ1n) is 4.13. The molecule has 0 aromatic carbocycles. The minimum Gasteiger partial charge on any atom is -0.387 e. The van der Waals surface area contributed by atoms with Crippen molar-refractivity contribution in [2.75, 3.05) is 5.73 Å². The van der Waals surface area contributed by atoms with Crippen molar-refractivity contribution >= 4 is 17.4 Å². The van der Waals surface area contributed by atoms with Gasteiger partial charge in [-0.3, -0.25) is 0 Å². The molecule has 0 fully saturated rings. The van der Waals surface area contributed by atoms with Crippen molar-refractivity contribution in [1.82, 2.24) is 4.98 Å². The molecular formula is C9H13ClN2O2. The molecule has 1 aromatic rings. The van der Waals surface area contributed by atoms with Gasteiger partial charge in [0.05, 0.1) is 10.6 Å². The topological polar surface area (TPSA) is 79.4 Å². The van der Waals surface area contributed by atoms with E-state index in [1.54, 1.807) is 0 Å². The summed E-state index contributed by atoms with van der Waals surface area (Å²) in [5.74, 6) is 0.170. The number of aliphatic hydroxyl groups is 2. The van der Waals surface area contributed by atoms with Crippen molar-refractivity contribution in [3.63, 3.8) is 0 Å². The minimum absolute atomic E-state index is 0.170. The molecular weight excluding hydrogens is 204 g/mol. The second-order valence-corrected chi connectivity index (χ2v) is 4.12. The van der Waals surface area contributed by atoms with E-state index in [0.717, 1.165) is 0 Å². The van der Waals surface area contributed by atoms with Crippen LogP contribution in [0.2, 0.25) is 5.02 Å². The van der Waals surface area contributed by atoms with E-state index in [-0.39, 0.29) is 5.82 Å². The molecule has 0 saturated carbocycles. The molecule has 1 rings (SSSR count). The van der Waals surface area contributed by atoms with Gasteiger partial charge >= 0.3 is 0 Å². The molecule has 14 heavy (non-hydrogen) atoms. The monoisotopic (exact) mass is 216 g/mol. The number of pyridine rings is 1. The largest absolute Gasteiger partial charge is 0.387 e. The van der Waals surface area contributed by atoms with Crippen LogP contribution in [-0.2, 0) is 0 Å². The maximum Gasteiger partial charge on any atom is 0.129 e. The van der Waals surface area contributed by atoms with Gasteiger partial charge in [0.15, 0.2) is 0 Å². The van der Waals surface area contributed by atoms with Crippen LogP contribution in [0.1, 0.15) is 25.5 Å². The predicted molar refractivity (Wildman–Crippen MR) is 54.9 cm³/mol. The third kappa shape index (κ3) is 2.35.